The van der Waals surface area contributed by atoms with Crippen LogP contribution in [0, 0.1) is 10.1 Å². The summed E-state index contributed by atoms with van der Waals surface area (Å²) in [6.07, 6.45) is -2.50. The molecule has 8 heteroatoms. The molecule has 0 radical (unpaired) electrons. The molecule has 0 aliphatic carbocycles. The van der Waals surface area contributed by atoms with Gasteiger partial charge in [0.25, 0.3) is 12.1 Å². The molecule has 1 aromatic carbocycles. The number of hydrogen-bond donors (Lipinski definition) is 1. The molecule has 0 unspecified atom stereocenters. The van der Waals surface area contributed by atoms with Gasteiger partial charge in [0.05, 0.1) is 24.2 Å². The Bertz CT molecular complexity index is 443. The van der Waals surface area contributed by atoms with E-state index in [-0.39, 0.29) is 18.8 Å². The van der Waals surface area contributed by atoms with Gasteiger partial charge >= 0.3 is 0 Å². The number of nitro groups is 1. The Morgan fingerprint density at radius 1 is 1.40 bits per heavy atom. The molecule has 0 saturated carbocycles. The highest BCUT2D eigenvalue weighted by Gasteiger charge is 2.10. The predicted octanol–water partition coefficient (Wildman–Crippen LogP) is 2.69. The first-order chi connectivity index (χ1) is 9.52. The van der Waals surface area contributed by atoms with Gasteiger partial charge in [0.2, 0.25) is 0 Å². The topological polar surface area (TPSA) is 73.6 Å². The highest BCUT2D eigenvalue weighted by atomic mass is 19.3. The van der Waals surface area contributed by atoms with Crippen LogP contribution in [0.4, 0.5) is 20.2 Å². The Labute approximate surface area is 114 Å². The van der Waals surface area contributed by atoms with Gasteiger partial charge in [0.15, 0.2) is 0 Å². The lowest BCUT2D eigenvalue weighted by Crippen LogP contribution is -2.13. The third-order valence-corrected chi connectivity index (χ3v) is 2.23. The maximum absolute atomic E-state index is 11.8. The molecule has 0 fully saturated rings. The van der Waals surface area contributed by atoms with E-state index in [4.69, 9.17) is 9.47 Å². The summed E-state index contributed by atoms with van der Waals surface area (Å²) >= 11 is 0. The largest absolute Gasteiger partial charge is 0.494 e. The number of nitrogens with zero attached hydrogens (tertiary/aromatic N) is 1. The van der Waals surface area contributed by atoms with Crippen LogP contribution in [0.25, 0.3) is 0 Å². The van der Waals surface area contributed by atoms with E-state index >= 15 is 0 Å². The van der Waals surface area contributed by atoms with E-state index in [2.05, 4.69) is 5.32 Å². The second kappa shape index (κ2) is 8.26. The van der Waals surface area contributed by atoms with E-state index in [9.17, 15) is 18.9 Å². The number of rotatable bonds is 9. The molecule has 1 N–H and O–H groups in total. The maximum Gasteiger partial charge on any atom is 0.275 e. The van der Waals surface area contributed by atoms with Crippen LogP contribution in [0.3, 0.4) is 0 Å². The number of benzene rings is 1. The van der Waals surface area contributed by atoms with Crippen LogP contribution in [0.5, 0.6) is 5.75 Å². The van der Waals surface area contributed by atoms with Gasteiger partial charge in [0, 0.05) is 24.4 Å². The Hall–Kier alpha value is -1.96. The van der Waals surface area contributed by atoms with Crippen molar-refractivity contribution in [1.29, 1.82) is 0 Å². The van der Waals surface area contributed by atoms with Gasteiger partial charge in [-0.25, -0.2) is 8.78 Å². The molecule has 0 heterocycles. The third-order valence-electron chi connectivity index (χ3n) is 2.23. The van der Waals surface area contributed by atoms with Crippen molar-refractivity contribution in [2.24, 2.45) is 0 Å². The van der Waals surface area contributed by atoms with Gasteiger partial charge in [-0.1, -0.05) is 0 Å². The Balaban J connectivity index is 2.57. The molecular weight excluding hydrogens is 274 g/mol. The van der Waals surface area contributed by atoms with Crippen molar-refractivity contribution in [3.05, 3.63) is 28.3 Å². The van der Waals surface area contributed by atoms with Crippen molar-refractivity contribution in [1.82, 2.24) is 0 Å². The third kappa shape index (κ3) is 5.79. The zero-order chi connectivity index (χ0) is 15.0. The number of nitro benzene ring substituents is 1. The molecule has 20 heavy (non-hydrogen) atoms. The number of nitrogens with one attached hydrogen (secondary N) is 1. The fourth-order valence-electron chi connectivity index (χ4n) is 1.48. The minimum absolute atomic E-state index is 0.0804. The molecule has 0 saturated heterocycles. The van der Waals surface area contributed by atoms with Crippen LogP contribution in [0.15, 0.2) is 18.2 Å². The standard InChI is InChI=1S/C12H16F2N2O4/c1-2-20-11-6-9(5-10(7-11)16(17)18)15-3-4-19-8-12(13)14/h5-7,12,15H,2-4,8H2,1H3. The van der Waals surface area contributed by atoms with Crippen molar-refractivity contribution < 1.29 is 23.2 Å². The maximum atomic E-state index is 11.8. The Morgan fingerprint density at radius 3 is 2.75 bits per heavy atom. The first kappa shape index (κ1) is 16.1. The summed E-state index contributed by atoms with van der Waals surface area (Å²) in [5.41, 5.74) is 0.371. The first-order valence-electron chi connectivity index (χ1n) is 6.05. The molecule has 0 aliphatic heterocycles. The predicted molar refractivity (Wildman–Crippen MR) is 69.6 cm³/mol. The lowest BCUT2D eigenvalue weighted by molar-refractivity contribution is -0.384. The van der Waals surface area contributed by atoms with E-state index in [1.807, 2.05) is 0 Å². The van der Waals surface area contributed by atoms with Crippen molar-refractivity contribution in [3.8, 4) is 5.75 Å². The average Bonchev–Trinajstić information content (AvgIpc) is 2.38. The minimum Gasteiger partial charge on any atom is -0.494 e. The highest BCUT2D eigenvalue weighted by molar-refractivity contribution is 5.56. The highest BCUT2D eigenvalue weighted by Crippen LogP contribution is 2.25. The summed E-state index contributed by atoms with van der Waals surface area (Å²) in [5.74, 6) is 0.373. The summed E-state index contributed by atoms with van der Waals surface area (Å²) in [6, 6.07) is 4.27. The molecule has 112 valence electrons. The molecule has 1 rings (SSSR count). The van der Waals surface area contributed by atoms with Gasteiger partial charge < -0.3 is 14.8 Å². The normalized spacial score (nSPS) is 10.6. The monoisotopic (exact) mass is 290 g/mol. The molecule has 0 aliphatic rings. The number of anilines is 1. The number of halogens is 2. The van der Waals surface area contributed by atoms with Crippen molar-refractivity contribution in [3.63, 3.8) is 0 Å². The number of alkyl halides is 2. The fraction of sp³-hybridized carbons (Fsp3) is 0.500. The van der Waals surface area contributed by atoms with Gasteiger partial charge in [-0.15, -0.1) is 0 Å². The number of hydrogen-bond acceptors (Lipinski definition) is 5. The lowest BCUT2D eigenvalue weighted by atomic mass is 10.2. The molecule has 1 aromatic rings. The summed E-state index contributed by atoms with van der Waals surface area (Å²) in [7, 11) is 0. The zero-order valence-corrected chi connectivity index (χ0v) is 11.0. The molecule has 0 atom stereocenters. The number of ether oxygens (including phenoxy) is 2. The zero-order valence-electron chi connectivity index (χ0n) is 11.0. The Kier molecular flexibility index (Phi) is 6.65. The van der Waals surface area contributed by atoms with Gasteiger partial charge in [-0.3, -0.25) is 10.1 Å². The molecule has 0 bridgehead atoms. The van der Waals surface area contributed by atoms with Crippen molar-refractivity contribution >= 4 is 11.4 Å². The summed E-state index contributed by atoms with van der Waals surface area (Å²) in [6.45, 7) is 1.87. The number of non-ortho nitro benzene ring substituents is 1. The fourth-order valence-corrected chi connectivity index (χ4v) is 1.48. The van der Waals surface area contributed by atoms with Crippen LogP contribution in [0.1, 0.15) is 6.92 Å². The van der Waals surface area contributed by atoms with Crippen molar-refractivity contribution in [2.75, 3.05) is 31.7 Å². The van der Waals surface area contributed by atoms with Crippen LogP contribution in [0.2, 0.25) is 0 Å². The molecular formula is C12H16F2N2O4. The summed E-state index contributed by atoms with van der Waals surface area (Å²) in [5, 5.41) is 13.6. The molecule has 6 nitrogen and oxygen atoms in total. The Morgan fingerprint density at radius 2 is 2.15 bits per heavy atom. The molecule has 0 aromatic heterocycles. The van der Waals surface area contributed by atoms with Crippen LogP contribution in [-0.2, 0) is 4.74 Å². The second-order valence-corrected chi connectivity index (χ2v) is 3.80. The van der Waals surface area contributed by atoms with Gasteiger partial charge in [0.1, 0.15) is 12.4 Å². The lowest BCUT2D eigenvalue weighted by Gasteiger charge is -2.09. The van der Waals surface area contributed by atoms with Crippen LogP contribution >= 0.6 is 0 Å². The van der Waals surface area contributed by atoms with E-state index in [1.165, 1.54) is 12.1 Å². The molecule has 0 amide bonds. The quantitative estimate of drug-likeness (QED) is 0.430. The minimum atomic E-state index is -2.50. The SMILES string of the molecule is CCOc1cc(NCCOCC(F)F)cc([N+](=O)[O-])c1. The molecule has 0 spiro atoms. The summed E-state index contributed by atoms with van der Waals surface area (Å²) < 4.78 is 33.6. The smallest absolute Gasteiger partial charge is 0.275 e. The van der Waals surface area contributed by atoms with Gasteiger partial charge in [-0.05, 0) is 6.92 Å². The van der Waals surface area contributed by atoms with Gasteiger partial charge in [-0.2, -0.15) is 0 Å². The van der Waals surface area contributed by atoms with E-state index in [0.717, 1.165) is 0 Å². The van der Waals surface area contributed by atoms with E-state index in [1.54, 1.807) is 13.0 Å². The van der Waals surface area contributed by atoms with E-state index < -0.39 is 18.0 Å². The second-order valence-electron chi connectivity index (χ2n) is 3.80. The van der Waals surface area contributed by atoms with Crippen LogP contribution in [-0.4, -0.2) is 37.7 Å². The van der Waals surface area contributed by atoms with Crippen molar-refractivity contribution in [2.45, 2.75) is 13.3 Å². The first-order valence-corrected chi connectivity index (χ1v) is 6.05. The summed E-state index contributed by atoms with van der Waals surface area (Å²) in [4.78, 5) is 10.2. The average molecular weight is 290 g/mol. The van der Waals surface area contributed by atoms with Crippen LogP contribution < -0.4 is 10.1 Å². The van der Waals surface area contributed by atoms with E-state index in [0.29, 0.717) is 18.0 Å².